The molecule has 0 fully saturated rings. The summed E-state index contributed by atoms with van der Waals surface area (Å²) in [5, 5.41) is 58.5. The number of hydrogen-bond donors (Lipinski definition) is 15. The minimum absolute atomic E-state index is 0.0928. The van der Waals surface area contributed by atoms with Crippen molar-refractivity contribution in [2.75, 3.05) is 19.6 Å². The second-order valence-corrected chi connectivity index (χ2v) is 17.2. The Balaban J connectivity index is 1.61. The Morgan fingerprint density at radius 3 is 1.09 bits per heavy atom. The van der Waals surface area contributed by atoms with Gasteiger partial charge in [-0.05, 0) is 58.7 Å². The summed E-state index contributed by atoms with van der Waals surface area (Å²) in [7, 11) is 0. The number of carboxylic acids is 1. The van der Waals surface area contributed by atoms with Crippen LogP contribution in [0.1, 0.15) is 35.1 Å². The Bertz CT molecular complexity index is 2710. The molecule has 18 N–H and O–H groups in total. The zero-order chi connectivity index (χ0) is 55.9. The Hall–Kier alpha value is -9.59. The third-order valence-electron chi connectivity index (χ3n) is 11.1. The summed E-state index contributed by atoms with van der Waals surface area (Å²) in [4.78, 5) is 144. The molecule has 0 bridgehead atoms. The highest BCUT2D eigenvalue weighted by molar-refractivity contribution is 5.98. The SMILES string of the molecule is NCC(=O)NCC(=O)N[C@@H](CC(N)=O)C(=O)NCC(=O)N[C@@H](Cc1ccc(O)cc1)C(=O)N[C@@H](Cc1ccc(O)cc1)C(=O)N[C@@H](Cc1ccccc1)C(=O)N[C@@H](CC(N)=O)C(=O)N[C@@H](Cc1ccc(O)cc1)C(=O)O. The van der Waals surface area contributed by atoms with Crippen molar-refractivity contribution in [3.8, 4) is 17.2 Å². The lowest BCUT2D eigenvalue weighted by Crippen LogP contribution is -2.60. The van der Waals surface area contributed by atoms with Gasteiger partial charge >= 0.3 is 5.97 Å². The topological polar surface area (TPSA) is 443 Å². The van der Waals surface area contributed by atoms with E-state index in [0.29, 0.717) is 22.3 Å². The number of primary amides is 2. The van der Waals surface area contributed by atoms with Crippen LogP contribution >= 0.6 is 0 Å². The molecule has 4 rings (SSSR count). The van der Waals surface area contributed by atoms with E-state index in [1.54, 1.807) is 30.3 Å². The fourth-order valence-corrected chi connectivity index (χ4v) is 7.22. The van der Waals surface area contributed by atoms with E-state index in [9.17, 15) is 73.2 Å². The highest BCUT2D eigenvalue weighted by Gasteiger charge is 2.34. The van der Waals surface area contributed by atoms with Crippen LogP contribution in [-0.4, -0.2) is 141 Å². The molecule has 4 aromatic rings. The van der Waals surface area contributed by atoms with Crippen LogP contribution in [0.5, 0.6) is 17.2 Å². The Morgan fingerprint density at radius 1 is 0.382 bits per heavy atom. The number of hydrogen-bond acceptors (Lipinski definition) is 15. The first-order valence-electron chi connectivity index (χ1n) is 23.3. The van der Waals surface area contributed by atoms with Gasteiger partial charge in [-0.15, -0.1) is 0 Å². The van der Waals surface area contributed by atoms with Gasteiger partial charge in [0.05, 0.1) is 32.5 Å². The zero-order valence-corrected chi connectivity index (χ0v) is 40.7. The lowest BCUT2D eigenvalue weighted by Gasteiger charge is -2.27. The van der Waals surface area contributed by atoms with Crippen molar-refractivity contribution in [2.24, 2.45) is 17.2 Å². The molecular formula is C50H59N11O15. The molecule has 0 aromatic heterocycles. The van der Waals surface area contributed by atoms with Crippen LogP contribution in [0.15, 0.2) is 103 Å². The van der Waals surface area contributed by atoms with Crippen LogP contribution in [0, 0.1) is 0 Å². The van der Waals surface area contributed by atoms with Crippen molar-refractivity contribution < 1.29 is 73.2 Å². The van der Waals surface area contributed by atoms with Crippen LogP contribution in [0.4, 0.5) is 0 Å². The van der Waals surface area contributed by atoms with E-state index >= 15 is 0 Å². The zero-order valence-electron chi connectivity index (χ0n) is 40.7. The van der Waals surface area contributed by atoms with Gasteiger partial charge in [0.25, 0.3) is 0 Å². The predicted molar refractivity (Wildman–Crippen MR) is 267 cm³/mol. The average molecular weight is 1050 g/mol. The first-order chi connectivity index (χ1) is 36.1. The highest BCUT2D eigenvalue weighted by atomic mass is 16.4. The lowest BCUT2D eigenvalue weighted by molar-refractivity contribution is -0.142. The summed E-state index contributed by atoms with van der Waals surface area (Å²) in [5.41, 5.74) is 17.6. The van der Waals surface area contributed by atoms with Gasteiger partial charge in [-0.25, -0.2) is 4.79 Å². The molecule has 4 aromatic carbocycles. The number of aliphatic carboxylic acids is 1. The molecule has 404 valence electrons. The predicted octanol–water partition coefficient (Wildman–Crippen LogP) is -3.99. The van der Waals surface area contributed by atoms with Crippen LogP contribution < -0.4 is 59.7 Å². The van der Waals surface area contributed by atoms with Crippen molar-refractivity contribution >= 4 is 65.0 Å². The summed E-state index contributed by atoms with van der Waals surface area (Å²) in [6.45, 7) is -1.89. The number of aromatic hydroxyl groups is 3. The fourth-order valence-electron chi connectivity index (χ4n) is 7.22. The molecule has 0 spiro atoms. The lowest BCUT2D eigenvalue weighted by atomic mass is 10.0. The van der Waals surface area contributed by atoms with Gasteiger partial charge in [0.1, 0.15) is 53.5 Å². The maximum atomic E-state index is 14.6. The average Bonchev–Trinajstić information content (AvgIpc) is 3.37. The van der Waals surface area contributed by atoms with Gasteiger partial charge in [-0.1, -0.05) is 66.7 Å². The largest absolute Gasteiger partial charge is 0.508 e. The van der Waals surface area contributed by atoms with E-state index in [0.717, 1.165) is 0 Å². The smallest absolute Gasteiger partial charge is 0.326 e. The first kappa shape index (κ1) is 59.0. The van der Waals surface area contributed by atoms with E-state index in [2.05, 4.69) is 42.5 Å². The van der Waals surface area contributed by atoms with Gasteiger partial charge in [-0.3, -0.25) is 47.9 Å². The van der Waals surface area contributed by atoms with E-state index in [1.165, 1.54) is 72.8 Å². The van der Waals surface area contributed by atoms with Gasteiger partial charge in [0.2, 0.25) is 59.1 Å². The van der Waals surface area contributed by atoms with E-state index in [1.807, 2.05) is 0 Å². The van der Waals surface area contributed by atoms with Crippen molar-refractivity contribution in [3.05, 3.63) is 125 Å². The number of nitrogens with one attached hydrogen (secondary N) is 8. The summed E-state index contributed by atoms with van der Waals surface area (Å²) < 4.78 is 0. The summed E-state index contributed by atoms with van der Waals surface area (Å²) in [5.74, 6) is -11.7. The third kappa shape index (κ3) is 20.5. The highest BCUT2D eigenvalue weighted by Crippen LogP contribution is 2.16. The number of carbonyl (C=O) groups is 11. The van der Waals surface area contributed by atoms with Crippen LogP contribution in [0.2, 0.25) is 0 Å². The van der Waals surface area contributed by atoms with Gasteiger partial charge < -0.3 is 80.2 Å². The minimum atomic E-state index is -1.77. The van der Waals surface area contributed by atoms with E-state index < -0.39 is 134 Å². The maximum Gasteiger partial charge on any atom is 0.326 e. The molecule has 26 heteroatoms. The van der Waals surface area contributed by atoms with E-state index in [4.69, 9.17) is 17.2 Å². The number of carboxylic acid groups (broad SMARTS) is 1. The second-order valence-electron chi connectivity index (χ2n) is 17.2. The van der Waals surface area contributed by atoms with Crippen LogP contribution in [0.3, 0.4) is 0 Å². The molecule has 0 aliphatic rings. The van der Waals surface area contributed by atoms with Gasteiger partial charge in [0.15, 0.2) is 0 Å². The number of amides is 10. The Labute approximate surface area is 433 Å². The number of benzene rings is 4. The second kappa shape index (κ2) is 29.2. The number of phenols is 3. The monoisotopic (exact) mass is 1050 g/mol. The summed E-state index contributed by atoms with van der Waals surface area (Å²) >= 11 is 0. The molecule has 0 aliphatic carbocycles. The maximum absolute atomic E-state index is 14.6. The number of carbonyl (C=O) groups excluding carboxylic acids is 10. The molecule has 0 aliphatic heterocycles. The molecule has 0 saturated heterocycles. The molecule has 26 nitrogen and oxygen atoms in total. The number of phenolic OH excluding ortho intramolecular Hbond substituents is 3. The van der Waals surface area contributed by atoms with Crippen molar-refractivity contribution in [1.82, 2.24) is 42.5 Å². The van der Waals surface area contributed by atoms with Crippen molar-refractivity contribution in [1.29, 1.82) is 0 Å². The van der Waals surface area contributed by atoms with Crippen LogP contribution in [-0.2, 0) is 78.4 Å². The van der Waals surface area contributed by atoms with E-state index in [-0.39, 0.29) is 42.9 Å². The van der Waals surface area contributed by atoms with Crippen molar-refractivity contribution in [2.45, 2.75) is 74.8 Å². The quantitative estimate of drug-likeness (QED) is 0.0247. The Kier molecular flexibility index (Phi) is 22.7. The molecular weight excluding hydrogens is 995 g/mol. The minimum Gasteiger partial charge on any atom is -0.508 e. The van der Waals surface area contributed by atoms with Crippen LogP contribution in [0.25, 0.3) is 0 Å². The molecule has 0 saturated carbocycles. The summed E-state index contributed by atoms with van der Waals surface area (Å²) in [6.07, 6.45) is -2.63. The molecule has 0 unspecified atom stereocenters. The third-order valence-corrected chi connectivity index (χ3v) is 11.1. The van der Waals surface area contributed by atoms with Gasteiger partial charge in [-0.2, -0.15) is 0 Å². The molecule has 76 heavy (non-hydrogen) atoms. The normalized spacial score (nSPS) is 13.1. The molecule has 0 radical (unpaired) electrons. The summed E-state index contributed by atoms with van der Waals surface area (Å²) in [6, 6.07) is 15.0. The first-order valence-corrected chi connectivity index (χ1v) is 23.3. The standard InChI is InChI=1S/C50H59N11O15/c51-24-42(67)54-25-43(68)57-37(22-40(52)65)45(70)55-26-44(69)56-34(19-28-6-12-31(62)13-7-28)46(71)58-36(20-29-8-14-32(63)15-9-29)47(72)59-35(18-27-4-2-1-3-5-27)48(73)60-38(23-41(53)66)49(74)61-39(50(75)76)21-30-10-16-33(64)17-11-30/h1-17,34-39,62-64H,18-26,51H2,(H2,52,65)(H2,53,66)(H,54,67)(H,55,70)(H,56,69)(H,57,68)(H,58,71)(H,59,72)(H,60,73)(H,61,74)(H,75,76)/t34-,35-,36-,37-,38-,39-/m0/s1. The number of nitrogens with two attached hydrogens (primary N) is 3. The molecule has 6 atom stereocenters. The van der Waals surface area contributed by atoms with Gasteiger partial charge in [0, 0.05) is 25.7 Å². The number of rotatable bonds is 29. The molecule has 10 amide bonds. The Morgan fingerprint density at radius 2 is 0.697 bits per heavy atom. The molecule has 0 heterocycles. The fraction of sp³-hybridized carbons (Fsp3) is 0.300. The van der Waals surface area contributed by atoms with Crippen molar-refractivity contribution in [3.63, 3.8) is 0 Å².